The van der Waals surface area contributed by atoms with E-state index in [2.05, 4.69) is 49.3 Å². The maximum absolute atomic E-state index is 5.38. The van der Waals surface area contributed by atoms with Crippen molar-refractivity contribution < 1.29 is 4.74 Å². The number of fused-ring (bicyclic) bond motifs is 3. The largest absolute Gasteiger partial charge is 0.472 e. The number of rotatable bonds is 4. The quantitative estimate of drug-likeness (QED) is 0.675. The van der Waals surface area contributed by atoms with Crippen LogP contribution in [0.1, 0.15) is 12.0 Å². The first-order valence-corrected chi connectivity index (χ1v) is 7.40. The van der Waals surface area contributed by atoms with E-state index in [0.29, 0.717) is 3.89 Å². The number of quaternary nitrogens is 1. The minimum atomic E-state index is 0.256. The summed E-state index contributed by atoms with van der Waals surface area (Å²) in [5.41, 5.74) is 3.78. The first-order valence-electron chi connectivity index (χ1n) is 7.00. The van der Waals surface area contributed by atoms with E-state index in [0.717, 1.165) is 19.5 Å². The van der Waals surface area contributed by atoms with Crippen LogP contribution in [0.25, 0.3) is 5.57 Å². The van der Waals surface area contributed by atoms with Crippen molar-refractivity contribution in [2.75, 3.05) is 27.2 Å². The van der Waals surface area contributed by atoms with Crippen LogP contribution in [0.5, 0.6) is 0 Å². The number of nitrogens with zero attached hydrogens (tertiary/aromatic N) is 2. The summed E-state index contributed by atoms with van der Waals surface area (Å²) in [7, 11) is 4.22. The van der Waals surface area contributed by atoms with Gasteiger partial charge in [0.2, 0.25) is 0 Å². The van der Waals surface area contributed by atoms with Crippen molar-refractivity contribution in [2.24, 2.45) is 0 Å². The molecule has 0 saturated carbocycles. The fourth-order valence-electron chi connectivity index (χ4n) is 3.09. The van der Waals surface area contributed by atoms with Crippen molar-refractivity contribution in [2.45, 2.75) is 12.5 Å². The van der Waals surface area contributed by atoms with Gasteiger partial charge in [-0.05, 0) is 20.2 Å². The van der Waals surface area contributed by atoms with Crippen LogP contribution in [0.15, 0.2) is 42.9 Å². The maximum atomic E-state index is 5.38. The molecule has 0 fully saturated rings. The Bertz CT molecular complexity index is 567. The minimum Gasteiger partial charge on any atom is -0.472 e. The minimum absolute atomic E-state index is 0.256. The summed E-state index contributed by atoms with van der Waals surface area (Å²) in [6.07, 6.45) is 6.88. The lowest BCUT2D eigenvalue weighted by Crippen LogP contribution is -2.46. The molecule has 2 atom stereocenters. The van der Waals surface area contributed by atoms with Crippen molar-refractivity contribution in [3.63, 3.8) is 0 Å². The lowest BCUT2D eigenvalue weighted by Gasteiger charge is -2.33. The number of thiol groups is 1. The Morgan fingerprint density at radius 3 is 2.90 bits per heavy atom. The second-order valence-corrected chi connectivity index (χ2v) is 6.42. The lowest BCUT2D eigenvalue weighted by atomic mass is 10.0. The Kier molecular flexibility index (Phi) is 3.63. The molecule has 0 aliphatic carbocycles. The molecule has 1 aromatic rings. The standard InChI is InChI=1S/C16H21N2OS/c1-17(2)9-5-10-18(20)15-7-4-3-6-13(15)14-12-19-11-8-16(14)18/h3-4,6-8,11-12,16,20H,5,9-10H2,1-2H3/q+1. The molecule has 0 saturated heterocycles. The monoisotopic (exact) mass is 289 g/mol. The summed E-state index contributed by atoms with van der Waals surface area (Å²) in [5, 5.41) is 0. The van der Waals surface area contributed by atoms with Crippen LogP contribution in [0, 0.1) is 0 Å². The summed E-state index contributed by atoms with van der Waals surface area (Å²) in [5.74, 6) is 0. The van der Waals surface area contributed by atoms with Gasteiger partial charge in [-0.25, -0.2) is 3.89 Å². The van der Waals surface area contributed by atoms with E-state index in [9.17, 15) is 0 Å². The Morgan fingerprint density at radius 2 is 2.10 bits per heavy atom. The van der Waals surface area contributed by atoms with Crippen LogP contribution in [0.2, 0.25) is 0 Å². The SMILES string of the molecule is CN(C)CCC[N+]1(S)c2ccccc2C2=COC=CC21. The molecular weight excluding hydrogens is 268 g/mol. The molecule has 106 valence electrons. The average Bonchev–Trinajstić information content (AvgIpc) is 2.70. The maximum Gasteiger partial charge on any atom is 0.156 e. The number of benzene rings is 1. The fraction of sp³-hybridized carbons (Fsp3) is 0.375. The van der Waals surface area contributed by atoms with E-state index in [1.807, 2.05) is 6.26 Å². The zero-order valence-corrected chi connectivity index (χ0v) is 12.9. The third kappa shape index (κ3) is 2.18. The molecule has 0 bridgehead atoms. The molecule has 0 amide bonds. The predicted octanol–water partition coefficient (Wildman–Crippen LogP) is 3.06. The van der Waals surface area contributed by atoms with Crippen molar-refractivity contribution >= 4 is 24.1 Å². The van der Waals surface area contributed by atoms with Gasteiger partial charge in [0.1, 0.15) is 6.26 Å². The van der Waals surface area contributed by atoms with Gasteiger partial charge in [-0.15, -0.1) is 0 Å². The molecule has 2 aliphatic heterocycles. The van der Waals surface area contributed by atoms with Crippen LogP contribution in [-0.4, -0.2) is 38.1 Å². The van der Waals surface area contributed by atoms with Gasteiger partial charge in [-0.3, -0.25) is 0 Å². The van der Waals surface area contributed by atoms with Gasteiger partial charge in [0.15, 0.2) is 11.7 Å². The van der Waals surface area contributed by atoms with E-state index in [-0.39, 0.29) is 6.04 Å². The van der Waals surface area contributed by atoms with Crippen molar-refractivity contribution in [1.82, 2.24) is 8.79 Å². The number of hydrogen-bond donors (Lipinski definition) is 1. The second-order valence-electron chi connectivity index (χ2n) is 5.71. The van der Waals surface area contributed by atoms with Gasteiger partial charge < -0.3 is 9.64 Å². The van der Waals surface area contributed by atoms with Crippen LogP contribution >= 0.6 is 12.8 Å². The van der Waals surface area contributed by atoms with Crippen LogP contribution in [0.3, 0.4) is 0 Å². The third-order valence-corrected chi connectivity index (χ3v) is 4.71. The molecule has 2 aliphatic rings. The molecule has 0 spiro atoms. The first-order chi connectivity index (χ1) is 9.63. The molecule has 0 aromatic heterocycles. The van der Waals surface area contributed by atoms with E-state index < -0.39 is 0 Å². The normalized spacial score (nSPS) is 27.0. The Labute approximate surface area is 126 Å². The summed E-state index contributed by atoms with van der Waals surface area (Å²) in [6.45, 7) is 2.08. The lowest BCUT2D eigenvalue weighted by molar-refractivity contribution is 0.352. The molecule has 0 N–H and O–H groups in total. The first kappa shape index (κ1) is 13.7. The number of para-hydroxylation sites is 1. The highest BCUT2D eigenvalue weighted by Crippen LogP contribution is 2.49. The number of hydrogen-bond acceptors (Lipinski definition) is 3. The molecule has 0 radical (unpaired) electrons. The summed E-state index contributed by atoms with van der Waals surface area (Å²) < 4.78 is 6.03. The molecule has 1 aromatic carbocycles. The summed E-state index contributed by atoms with van der Waals surface area (Å²) in [6, 6.07) is 8.78. The Morgan fingerprint density at radius 1 is 1.30 bits per heavy atom. The highest BCUT2D eigenvalue weighted by molar-refractivity contribution is 7.79. The molecule has 3 nitrogen and oxygen atoms in total. The van der Waals surface area contributed by atoms with Gasteiger partial charge in [0.25, 0.3) is 0 Å². The molecular formula is C16H21N2OS+. The highest BCUT2D eigenvalue weighted by Gasteiger charge is 2.47. The number of ether oxygens (including phenoxy) is 1. The third-order valence-electron chi connectivity index (χ3n) is 4.05. The van der Waals surface area contributed by atoms with Crippen molar-refractivity contribution in [3.05, 3.63) is 48.4 Å². The zero-order valence-electron chi connectivity index (χ0n) is 12.0. The predicted molar refractivity (Wildman–Crippen MR) is 87.3 cm³/mol. The van der Waals surface area contributed by atoms with Gasteiger partial charge in [0.05, 0.1) is 31.2 Å². The fourth-order valence-corrected chi connectivity index (χ4v) is 3.61. The second kappa shape index (κ2) is 5.28. The van der Waals surface area contributed by atoms with E-state index in [4.69, 9.17) is 17.6 Å². The molecule has 2 unspecified atom stereocenters. The van der Waals surface area contributed by atoms with Crippen molar-refractivity contribution in [1.29, 1.82) is 0 Å². The van der Waals surface area contributed by atoms with E-state index in [1.54, 1.807) is 6.26 Å². The smallest absolute Gasteiger partial charge is 0.156 e. The molecule has 20 heavy (non-hydrogen) atoms. The van der Waals surface area contributed by atoms with Crippen LogP contribution in [0.4, 0.5) is 5.69 Å². The van der Waals surface area contributed by atoms with E-state index in [1.165, 1.54) is 16.8 Å². The van der Waals surface area contributed by atoms with Crippen LogP contribution in [-0.2, 0) is 4.74 Å². The van der Waals surface area contributed by atoms with Gasteiger partial charge in [-0.1, -0.05) is 12.1 Å². The topological polar surface area (TPSA) is 12.5 Å². The zero-order chi connectivity index (χ0) is 14.2. The highest BCUT2D eigenvalue weighted by atomic mass is 32.1. The Balaban J connectivity index is 1.94. The molecule has 2 heterocycles. The van der Waals surface area contributed by atoms with E-state index >= 15 is 0 Å². The summed E-state index contributed by atoms with van der Waals surface area (Å²) in [4.78, 5) is 2.22. The average molecular weight is 289 g/mol. The molecule has 3 rings (SSSR count). The summed E-state index contributed by atoms with van der Waals surface area (Å²) >= 11 is 5.06. The Hall–Kier alpha value is -1.23. The van der Waals surface area contributed by atoms with Crippen LogP contribution < -0.4 is 3.89 Å². The van der Waals surface area contributed by atoms with Gasteiger partial charge >= 0.3 is 0 Å². The van der Waals surface area contributed by atoms with Gasteiger partial charge in [0, 0.05) is 30.7 Å². The van der Waals surface area contributed by atoms with Gasteiger partial charge in [-0.2, -0.15) is 0 Å². The van der Waals surface area contributed by atoms with Crippen molar-refractivity contribution in [3.8, 4) is 0 Å². The molecule has 4 heteroatoms.